The molecule has 0 saturated carbocycles. The van der Waals surface area contributed by atoms with Gasteiger partial charge in [0.2, 0.25) is 0 Å². The van der Waals surface area contributed by atoms with E-state index < -0.39 is 4.92 Å². The van der Waals surface area contributed by atoms with Gasteiger partial charge in [-0.2, -0.15) is 0 Å². The quantitative estimate of drug-likeness (QED) is 0.494. The summed E-state index contributed by atoms with van der Waals surface area (Å²) in [6.45, 7) is 1.90. The molecule has 0 heterocycles. The zero-order chi connectivity index (χ0) is 10.0. The van der Waals surface area contributed by atoms with Gasteiger partial charge < -0.3 is 5.73 Å². The Hall–Kier alpha value is -1.10. The number of halogens is 1. The predicted molar refractivity (Wildman–Crippen MR) is 54.6 cm³/mol. The number of nitrogen functional groups attached to an aromatic ring is 1. The topological polar surface area (TPSA) is 69.2 Å². The summed E-state index contributed by atoms with van der Waals surface area (Å²) in [7, 11) is 0. The first kappa shape index (κ1) is 9.98. The Morgan fingerprint density at radius 2 is 2.23 bits per heavy atom. The second kappa shape index (κ2) is 3.74. The number of hydrogen-bond donors (Lipinski definition) is 1. The molecule has 1 aromatic carbocycles. The lowest BCUT2D eigenvalue weighted by Gasteiger charge is -2.03. The smallest absolute Gasteiger partial charge is 0.293 e. The highest BCUT2D eigenvalue weighted by molar-refractivity contribution is 9.10. The number of nitrogens with zero attached hydrogens (tertiary/aromatic N) is 1. The van der Waals surface area contributed by atoms with Gasteiger partial charge in [-0.15, -0.1) is 0 Å². The van der Waals surface area contributed by atoms with Crippen molar-refractivity contribution in [2.24, 2.45) is 0 Å². The van der Waals surface area contributed by atoms with Crippen LogP contribution >= 0.6 is 15.9 Å². The Balaban J connectivity index is 3.35. The Labute approximate surface area is 84.0 Å². The van der Waals surface area contributed by atoms with E-state index in [1.807, 2.05) is 6.92 Å². The van der Waals surface area contributed by atoms with E-state index in [1.54, 1.807) is 6.07 Å². The molecule has 0 fully saturated rings. The van der Waals surface area contributed by atoms with E-state index >= 15 is 0 Å². The molecule has 13 heavy (non-hydrogen) atoms. The number of benzene rings is 1. The summed E-state index contributed by atoms with van der Waals surface area (Å²) in [4.78, 5) is 10.1. The van der Waals surface area contributed by atoms with Crippen molar-refractivity contribution in [3.05, 3.63) is 32.3 Å². The van der Waals surface area contributed by atoms with Crippen LogP contribution in [0.1, 0.15) is 12.5 Å². The molecule has 70 valence electrons. The van der Waals surface area contributed by atoms with Gasteiger partial charge in [0, 0.05) is 10.5 Å². The molecule has 4 nitrogen and oxygen atoms in total. The van der Waals surface area contributed by atoms with Crippen molar-refractivity contribution in [3.8, 4) is 0 Å². The average molecular weight is 245 g/mol. The van der Waals surface area contributed by atoms with Crippen LogP contribution in [0.4, 0.5) is 11.4 Å². The molecule has 0 aromatic heterocycles. The number of nitrogens with two attached hydrogens (primary N) is 1. The maximum atomic E-state index is 10.5. The van der Waals surface area contributed by atoms with Crippen LogP contribution in [0.2, 0.25) is 0 Å². The lowest BCUT2D eigenvalue weighted by molar-refractivity contribution is -0.384. The van der Waals surface area contributed by atoms with Crippen LogP contribution in [0.5, 0.6) is 0 Å². The number of nitro benzene ring substituents is 1. The van der Waals surface area contributed by atoms with Gasteiger partial charge in [-0.25, -0.2) is 0 Å². The van der Waals surface area contributed by atoms with Gasteiger partial charge in [-0.05, 0) is 18.1 Å². The van der Waals surface area contributed by atoms with Crippen molar-refractivity contribution in [3.63, 3.8) is 0 Å². The average Bonchev–Trinajstić information content (AvgIpc) is 2.08. The van der Waals surface area contributed by atoms with Crippen molar-refractivity contribution in [2.45, 2.75) is 13.3 Å². The highest BCUT2D eigenvalue weighted by atomic mass is 79.9. The van der Waals surface area contributed by atoms with Crippen molar-refractivity contribution in [1.29, 1.82) is 0 Å². The van der Waals surface area contributed by atoms with E-state index in [0.29, 0.717) is 10.9 Å². The first-order chi connectivity index (χ1) is 6.06. The molecule has 0 amide bonds. The molecular formula is C8H9BrN2O2. The number of anilines is 1. The zero-order valence-electron chi connectivity index (χ0n) is 7.08. The van der Waals surface area contributed by atoms with Gasteiger partial charge in [0.25, 0.3) is 5.69 Å². The van der Waals surface area contributed by atoms with Crippen molar-refractivity contribution in [1.82, 2.24) is 0 Å². The van der Waals surface area contributed by atoms with E-state index in [0.717, 1.165) is 5.56 Å². The van der Waals surface area contributed by atoms with Crippen molar-refractivity contribution >= 4 is 27.3 Å². The largest absolute Gasteiger partial charge is 0.393 e. The Bertz CT molecular complexity index is 352. The van der Waals surface area contributed by atoms with Crippen LogP contribution < -0.4 is 5.73 Å². The molecule has 2 N–H and O–H groups in total. The van der Waals surface area contributed by atoms with Gasteiger partial charge >= 0.3 is 0 Å². The molecule has 0 aliphatic carbocycles. The molecule has 0 atom stereocenters. The number of rotatable bonds is 2. The molecule has 0 radical (unpaired) electrons. The summed E-state index contributed by atoms with van der Waals surface area (Å²) < 4.78 is 0.685. The summed E-state index contributed by atoms with van der Waals surface area (Å²) in [6, 6.07) is 3.21. The molecular weight excluding hydrogens is 236 g/mol. The minimum absolute atomic E-state index is 0.0359. The van der Waals surface area contributed by atoms with E-state index in [-0.39, 0.29) is 11.4 Å². The number of nitro groups is 1. The Morgan fingerprint density at radius 3 is 2.69 bits per heavy atom. The molecule has 0 aliphatic heterocycles. The first-order valence-corrected chi connectivity index (χ1v) is 4.57. The van der Waals surface area contributed by atoms with Crippen molar-refractivity contribution in [2.75, 3.05) is 5.73 Å². The van der Waals surface area contributed by atoms with E-state index in [4.69, 9.17) is 5.73 Å². The van der Waals surface area contributed by atoms with Gasteiger partial charge in [0.1, 0.15) is 5.69 Å². The SMILES string of the molecule is CCc1cc(Br)cc([N+](=O)[O-])c1N. The van der Waals surface area contributed by atoms with E-state index in [2.05, 4.69) is 15.9 Å². The predicted octanol–water partition coefficient (Wildman–Crippen LogP) is 2.50. The van der Waals surface area contributed by atoms with E-state index in [9.17, 15) is 10.1 Å². The molecule has 1 aromatic rings. The molecule has 0 bridgehead atoms. The summed E-state index contributed by atoms with van der Waals surface area (Å²) >= 11 is 3.20. The molecule has 0 spiro atoms. The monoisotopic (exact) mass is 244 g/mol. The third-order valence-electron chi connectivity index (χ3n) is 1.79. The fraction of sp³-hybridized carbons (Fsp3) is 0.250. The summed E-state index contributed by atoms with van der Waals surface area (Å²) in [5, 5.41) is 10.5. The van der Waals surface area contributed by atoms with Gasteiger partial charge in [0.15, 0.2) is 0 Å². The molecule has 5 heteroatoms. The third kappa shape index (κ3) is 1.98. The highest BCUT2D eigenvalue weighted by Crippen LogP contribution is 2.29. The maximum Gasteiger partial charge on any atom is 0.293 e. The van der Waals surface area contributed by atoms with Gasteiger partial charge in [0.05, 0.1) is 4.92 Å². The maximum absolute atomic E-state index is 10.5. The summed E-state index contributed by atoms with van der Waals surface area (Å²) in [6.07, 6.45) is 0.687. The van der Waals surface area contributed by atoms with Crippen LogP contribution in [0.25, 0.3) is 0 Å². The lowest BCUT2D eigenvalue weighted by Crippen LogP contribution is -1.99. The van der Waals surface area contributed by atoms with E-state index in [1.165, 1.54) is 6.07 Å². The van der Waals surface area contributed by atoms with Gasteiger partial charge in [-0.3, -0.25) is 10.1 Å². The van der Waals surface area contributed by atoms with Crippen LogP contribution in [0.15, 0.2) is 16.6 Å². The first-order valence-electron chi connectivity index (χ1n) is 3.78. The van der Waals surface area contributed by atoms with Crippen LogP contribution in [0, 0.1) is 10.1 Å². The van der Waals surface area contributed by atoms with Crippen LogP contribution in [-0.2, 0) is 6.42 Å². The highest BCUT2D eigenvalue weighted by Gasteiger charge is 2.14. The lowest BCUT2D eigenvalue weighted by atomic mass is 10.1. The molecule has 0 unspecified atom stereocenters. The summed E-state index contributed by atoms with van der Waals surface area (Å²) in [5.74, 6) is 0. The fourth-order valence-corrected chi connectivity index (χ4v) is 1.60. The van der Waals surface area contributed by atoms with Crippen LogP contribution in [0.3, 0.4) is 0 Å². The second-order valence-electron chi connectivity index (χ2n) is 2.61. The standard InChI is InChI=1S/C8H9BrN2O2/c1-2-5-3-6(9)4-7(8(5)10)11(12)13/h3-4H,2,10H2,1H3. The third-order valence-corrected chi connectivity index (χ3v) is 2.24. The molecule has 1 rings (SSSR count). The van der Waals surface area contributed by atoms with Crippen molar-refractivity contribution < 1.29 is 4.92 Å². The molecule has 0 saturated heterocycles. The number of hydrogen-bond acceptors (Lipinski definition) is 3. The summed E-state index contributed by atoms with van der Waals surface area (Å²) in [5.41, 5.74) is 6.62. The number of aryl methyl sites for hydroxylation is 1. The van der Waals surface area contributed by atoms with Crippen LogP contribution in [-0.4, -0.2) is 4.92 Å². The Kier molecular flexibility index (Phi) is 2.87. The van der Waals surface area contributed by atoms with Gasteiger partial charge in [-0.1, -0.05) is 22.9 Å². The minimum atomic E-state index is -0.473. The fourth-order valence-electron chi connectivity index (χ4n) is 1.10. The second-order valence-corrected chi connectivity index (χ2v) is 3.52. The Morgan fingerprint density at radius 1 is 1.62 bits per heavy atom. The normalized spacial score (nSPS) is 10.0. The molecule has 0 aliphatic rings. The zero-order valence-corrected chi connectivity index (χ0v) is 8.67. The minimum Gasteiger partial charge on any atom is -0.393 e.